The van der Waals surface area contributed by atoms with Crippen LogP contribution in [0.3, 0.4) is 0 Å². The molecule has 1 aliphatic rings. The van der Waals surface area contributed by atoms with Crippen LogP contribution in [0.5, 0.6) is 0 Å². The predicted molar refractivity (Wildman–Crippen MR) is 103 cm³/mol. The lowest BCUT2D eigenvalue weighted by Crippen LogP contribution is -3.15. The van der Waals surface area contributed by atoms with Crippen molar-refractivity contribution in [2.24, 2.45) is 5.92 Å². The Balaban J connectivity index is 1.60. The number of halogens is 1. The fourth-order valence-corrected chi connectivity index (χ4v) is 3.65. The normalized spacial score (nSPS) is 16.5. The van der Waals surface area contributed by atoms with Gasteiger partial charge in [0.1, 0.15) is 5.82 Å². The first kappa shape index (κ1) is 19.4. The van der Waals surface area contributed by atoms with E-state index in [0.717, 1.165) is 37.6 Å². The van der Waals surface area contributed by atoms with Crippen LogP contribution in [0.25, 0.3) is 0 Å². The third-order valence-electron chi connectivity index (χ3n) is 5.07. The highest BCUT2D eigenvalue weighted by Gasteiger charge is 2.31. The molecule has 1 aromatic carbocycles. The Labute approximate surface area is 160 Å². The molecule has 0 bridgehead atoms. The molecule has 2 N–H and O–H groups in total. The Hall–Kier alpha value is -2.34. The zero-order chi connectivity index (χ0) is 19.2. The molecule has 2 heterocycles. The molecule has 1 saturated heterocycles. The summed E-state index contributed by atoms with van der Waals surface area (Å²) in [6.45, 7) is 8.31. The summed E-state index contributed by atoms with van der Waals surface area (Å²) in [7, 11) is 0. The van der Waals surface area contributed by atoms with E-state index in [-0.39, 0.29) is 17.8 Å². The maximum atomic E-state index is 13.1. The molecule has 3 rings (SSSR count). The predicted octanol–water partition coefficient (Wildman–Crippen LogP) is 2.03. The van der Waals surface area contributed by atoms with Gasteiger partial charge in [0, 0.05) is 12.1 Å². The van der Waals surface area contributed by atoms with Crippen molar-refractivity contribution in [3.05, 3.63) is 54.2 Å². The van der Waals surface area contributed by atoms with E-state index in [1.807, 2.05) is 38.1 Å². The molecule has 2 aromatic rings. The summed E-state index contributed by atoms with van der Waals surface area (Å²) in [5, 5.41) is 3.07. The number of hydrogen-bond donors (Lipinski definition) is 2. The van der Waals surface area contributed by atoms with E-state index in [0.29, 0.717) is 18.9 Å². The topological polar surface area (TPSA) is 49.9 Å². The van der Waals surface area contributed by atoms with E-state index >= 15 is 0 Å². The lowest BCUT2D eigenvalue weighted by molar-refractivity contribution is -0.932. The van der Waals surface area contributed by atoms with Gasteiger partial charge in [0.25, 0.3) is 0 Å². The number of furan rings is 1. The van der Waals surface area contributed by atoms with E-state index in [1.54, 1.807) is 6.26 Å². The zero-order valence-corrected chi connectivity index (χ0v) is 16.1. The first-order valence-corrected chi connectivity index (χ1v) is 9.68. The van der Waals surface area contributed by atoms with Crippen LogP contribution in [0.2, 0.25) is 0 Å². The molecule has 0 saturated carbocycles. The SMILES string of the molecule is CC(C)CC(=O)NC[C@@H](c1ccco1)[NH+]1CCN(c2ccc(F)cc2)CC1. The number of benzene rings is 1. The van der Waals surface area contributed by atoms with Crippen LogP contribution in [0, 0.1) is 11.7 Å². The molecule has 6 heteroatoms. The number of nitrogens with one attached hydrogen (secondary N) is 2. The van der Waals surface area contributed by atoms with Gasteiger partial charge in [0.15, 0.2) is 11.8 Å². The van der Waals surface area contributed by atoms with Crippen molar-refractivity contribution in [3.8, 4) is 0 Å². The molecule has 0 radical (unpaired) electrons. The van der Waals surface area contributed by atoms with E-state index in [4.69, 9.17) is 4.42 Å². The van der Waals surface area contributed by atoms with Crippen LogP contribution in [0.15, 0.2) is 47.1 Å². The van der Waals surface area contributed by atoms with Gasteiger partial charge in [-0.05, 0) is 42.3 Å². The molecule has 0 aliphatic carbocycles. The number of carbonyl (C=O) groups is 1. The van der Waals surface area contributed by atoms with Crippen molar-refractivity contribution in [2.45, 2.75) is 26.3 Å². The fraction of sp³-hybridized carbons (Fsp3) is 0.476. The van der Waals surface area contributed by atoms with Gasteiger partial charge in [-0.1, -0.05) is 13.8 Å². The lowest BCUT2D eigenvalue weighted by atomic mass is 10.1. The number of rotatable bonds is 7. The van der Waals surface area contributed by atoms with E-state index in [9.17, 15) is 9.18 Å². The van der Waals surface area contributed by atoms with Gasteiger partial charge in [0.05, 0.1) is 39.0 Å². The van der Waals surface area contributed by atoms with E-state index < -0.39 is 0 Å². The van der Waals surface area contributed by atoms with Crippen molar-refractivity contribution in [1.82, 2.24) is 5.32 Å². The first-order valence-electron chi connectivity index (χ1n) is 9.68. The van der Waals surface area contributed by atoms with Crippen LogP contribution in [0.1, 0.15) is 32.1 Å². The van der Waals surface area contributed by atoms with E-state index in [2.05, 4.69) is 10.2 Å². The molecular weight excluding hydrogens is 345 g/mol. The Morgan fingerprint density at radius 3 is 2.52 bits per heavy atom. The molecule has 1 aliphatic heterocycles. The smallest absolute Gasteiger partial charge is 0.220 e. The maximum absolute atomic E-state index is 13.1. The van der Waals surface area contributed by atoms with E-state index in [1.165, 1.54) is 17.0 Å². The van der Waals surface area contributed by atoms with Gasteiger partial charge in [-0.15, -0.1) is 0 Å². The molecular formula is C21H29FN3O2+. The molecule has 0 unspecified atom stereocenters. The molecule has 146 valence electrons. The number of piperazine rings is 1. The van der Waals surface area contributed by atoms with Crippen LogP contribution in [-0.2, 0) is 4.79 Å². The number of amides is 1. The summed E-state index contributed by atoms with van der Waals surface area (Å²) < 4.78 is 18.8. The molecule has 1 fully saturated rings. The molecule has 5 nitrogen and oxygen atoms in total. The Morgan fingerprint density at radius 2 is 1.93 bits per heavy atom. The van der Waals surface area contributed by atoms with Gasteiger partial charge in [-0.25, -0.2) is 4.39 Å². The quantitative estimate of drug-likeness (QED) is 0.780. The average molecular weight is 374 g/mol. The number of carbonyl (C=O) groups excluding carboxylic acids is 1. The second kappa shape index (κ2) is 9.04. The Bertz CT molecular complexity index is 708. The van der Waals surface area contributed by atoms with Crippen molar-refractivity contribution in [2.75, 3.05) is 37.6 Å². The molecule has 1 aromatic heterocycles. The summed E-state index contributed by atoms with van der Waals surface area (Å²) in [6.07, 6.45) is 2.23. The third kappa shape index (κ3) is 5.32. The van der Waals surface area contributed by atoms with Crippen LogP contribution < -0.4 is 15.1 Å². The summed E-state index contributed by atoms with van der Waals surface area (Å²) >= 11 is 0. The summed E-state index contributed by atoms with van der Waals surface area (Å²) in [5.41, 5.74) is 1.05. The largest absolute Gasteiger partial charge is 0.463 e. The minimum Gasteiger partial charge on any atom is -0.463 e. The minimum atomic E-state index is -0.210. The molecule has 0 spiro atoms. The van der Waals surface area contributed by atoms with Crippen molar-refractivity contribution < 1.29 is 18.5 Å². The lowest BCUT2D eigenvalue weighted by Gasteiger charge is -2.37. The number of quaternary nitrogens is 1. The second-order valence-corrected chi connectivity index (χ2v) is 7.59. The molecule has 1 atom stereocenters. The van der Waals surface area contributed by atoms with Gasteiger partial charge in [0.2, 0.25) is 5.91 Å². The fourth-order valence-electron chi connectivity index (χ4n) is 3.65. The Kier molecular flexibility index (Phi) is 6.50. The summed E-state index contributed by atoms with van der Waals surface area (Å²) in [4.78, 5) is 15.8. The highest BCUT2D eigenvalue weighted by Crippen LogP contribution is 2.16. The van der Waals surface area contributed by atoms with Crippen molar-refractivity contribution in [1.29, 1.82) is 0 Å². The van der Waals surface area contributed by atoms with Gasteiger partial charge < -0.3 is 19.5 Å². The average Bonchev–Trinajstić information content (AvgIpc) is 3.17. The van der Waals surface area contributed by atoms with Crippen molar-refractivity contribution >= 4 is 11.6 Å². The van der Waals surface area contributed by atoms with Gasteiger partial charge in [-0.2, -0.15) is 0 Å². The van der Waals surface area contributed by atoms with Crippen LogP contribution >= 0.6 is 0 Å². The first-order chi connectivity index (χ1) is 13.0. The number of hydrogen-bond acceptors (Lipinski definition) is 3. The number of nitrogens with zero attached hydrogens (tertiary/aromatic N) is 1. The molecule has 27 heavy (non-hydrogen) atoms. The Morgan fingerprint density at radius 1 is 1.22 bits per heavy atom. The zero-order valence-electron chi connectivity index (χ0n) is 16.1. The minimum absolute atomic E-state index is 0.0888. The highest BCUT2D eigenvalue weighted by atomic mass is 19.1. The van der Waals surface area contributed by atoms with Gasteiger partial charge in [-0.3, -0.25) is 4.79 Å². The van der Waals surface area contributed by atoms with Crippen LogP contribution in [-0.4, -0.2) is 38.6 Å². The standard InChI is InChI=1S/C21H28FN3O2/c1-16(2)14-21(26)23-15-19(20-4-3-13-27-20)25-11-9-24(10-12-25)18-7-5-17(22)6-8-18/h3-8,13,16,19H,9-12,14-15H2,1-2H3,(H,23,26)/p+1/t19-/m0/s1. The maximum Gasteiger partial charge on any atom is 0.220 e. The third-order valence-corrected chi connectivity index (χ3v) is 5.07. The monoisotopic (exact) mass is 374 g/mol. The van der Waals surface area contributed by atoms with Gasteiger partial charge >= 0.3 is 0 Å². The summed E-state index contributed by atoms with van der Waals surface area (Å²) in [5.74, 6) is 1.13. The summed E-state index contributed by atoms with van der Waals surface area (Å²) in [6, 6.07) is 10.7. The molecule has 1 amide bonds. The van der Waals surface area contributed by atoms with Crippen molar-refractivity contribution in [3.63, 3.8) is 0 Å². The highest BCUT2D eigenvalue weighted by molar-refractivity contribution is 5.76. The number of anilines is 1. The van der Waals surface area contributed by atoms with Crippen LogP contribution in [0.4, 0.5) is 10.1 Å². The second-order valence-electron chi connectivity index (χ2n) is 7.59.